The fourth-order valence-electron chi connectivity index (χ4n) is 1.74. The predicted molar refractivity (Wildman–Crippen MR) is 80.1 cm³/mol. The smallest absolute Gasteiger partial charge is 0.238 e. The fourth-order valence-corrected chi connectivity index (χ4v) is 2.21. The SMILES string of the molecule is CC(C(=O)NCC(Cc1ccc(F)cc1)C(N)=O)S(C)(=O)=O. The summed E-state index contributed by atoms with van der Waals surface area (Å²) >= 11 is 0. The average molecular weight is 330 g/mol. The van der Waals surface area contributed by atoms with Crippen molar-refractivity contribution in [3.8, 4) is 0 Å². The number of primary amides is 1. The number of halogens is 1. The van der Waals surface area contributed by atoms with Crippen LogP contribution in [0.3, 0.4) is 0 Å². The number of sulfone groups is 1. The molecule has 1 aromatic rings. The zero-order valence-corrected chi connectivity index (χ0v) is 13.2. The summed E-state index contributed by atoms with van der Waals surface area (Å²) in [6.45, 7) is 1.19. The van der Waals surface area contributed by atoms with Crippen LogP contribution in [0.5, 0.6) is 0 Å². The summed E-state index contributed by atoms with van der Waals surface area (Å²) in [5, 5.41) is 1.21. The van der Waals surface area contributed by atoms with Crippen LogP contribution in [-0.4, -0.2) is 38.3 Å². The Morgan fingerprint density at radius 3 is 2.27 bits per heavy atom. The molecule has 2 atom stereocenters. The number of amides is 2. The molecule has 0 aromatic heterocycles. The Hall–Kier alpha value is -1.96. The van der Waals surface area contributed by atoms with Crippen LogP contribution in [0.2, 0.25) is 0 Å². The topological polar surface area (TPSA) is 106 Å². The minimum Gasteiger partial charge on any atom is -0.369 e. The summed E-state index contributed by atoms with van der Waals surface area (Å²) in [5.74, 6) is -2.42. The van der Waals surface area contributed by atoms with Gasteiger partial charge in [-0.15, -0.1) is 0 Å². The van der Waals surface area contributed by atoms with E-state index in [4.69, 9.17) is 5.73 Å². The third-order valence-corrected chi connectivity index (χ3v) is 4.83. The standard InChI is InChI=1S/C14H19FN2O4S/c1-9(22(2,20)21)14(19)17-8-11(13(16)18)7-10-3-5-12(15)6-4-10/h3-6,9,11H,7-8H2,1-2H3,(H2,16,18)(H,17,19). The Balaban J connectivity index is 2.67. The van der Waals surface area contributed by atoms with Gasteiger partial charge in [-0.3, -0.25) is 9.59 Å². The number of rotatable bonds is 7. The molecule has 0 aliphatic heterocycles. The van der Waals surface area contributed by atoms with E-state index >= 15 is 0 Å². The molecule has 8 heteroatoms. The molecule has 2 amide bonds. The Labute approximate surface area is 128 Å². The minimum atomic E-state index is -3.50. The van der Waals surface area contributed by atoms with Gasteiger partial charge in [0.05, 0.1) is 5.92 Å². The van der Waals surface area contributed by atoms with Gasteiger partial charge in [0.1, 0.15) is 11.1 Å². The molecule has 0 fully saturated rings. The monoisotopic (exact) mass is 330 g/mol. The molecule has 0 heterocycles. The predicted octanol–water partition coefficient (Wildman–Crippen LogP) is 0.0190. The highest BCUT2D eigenvalue weighted by Gasteiger charge is 2.25. The van der Waals surface area contributed by atoms with Crippen molar-refractivity contribution in [1.82, 2.24) is 5.32 Å². The quantitative estimate of drug-likeness (QED) is 0.735. The lowest BCUT2D eigenvalue weighted by molar-refractivity contribution is -0.123. The zero-order chi connectivity index (χ0) is 16.9. The molecular formula is C14H19FN2O4S. The third kappa shape index (κ3) is 5.44. The van der Waals surface area contributed by atoms with Crippen LogP contribution in [-0.2, 0) is 25.8 Å². The second-order valence-electron chi connectivity index (χ2n) is 5.15. The molecule has 0 bridgehead atoms. The Kier molecular flexibility index (Phi) is 6.04. The molecule has 22 heavy (non-hydrogen) atoms. The first kappa shape index (κ1) is 18.1. The number of nitrogens with one attached hydrogen (secondary N) is 1. The van der Waals surface area contributed by atoms with E-state index in [2.05, 4.69) is 5.32 Å². The minimum absolute atomic E-state index is 0.0780. The van der Waals surface area contributed by atoms with Gasteiger partial charge in [0.25, 0.3) is 0 Å². The summed E-state index contributed by atoms with van der Waals surface area (Å²) in [5.41, 5.74) is 5.97. The van der Waals surface area contributed by atoms with Crippen molar-refractivity contribution >= 4 is 21.7 Å². The molecular weight excluding hydrogens is 311 g/mol. The van der Waals surface area contributed by atoms with E-state index in [1.165, 1.54) is 31.2 Å². The Morgan fingerprint density at radius 2 is 1.82 bits per heavy atom. The van der Waals surface area contributed by atoms with Gasteiger partial charge < -0.3 is 11.1 Å². The van der Waals surface area contributed by atoms with Gasteiger partial charge >= 0.3 is 0 Å². The van der Waals surface area contributed by atoms with Crippen LogP contribution in [0, 0.1) is 11.7 Å². The highest BCUT2D eigenvalue weighted by molar-refractivity contribution is 7.92. The lowest BCUT2D eigenvalue weighted by atomic mass is 9.98. The lowest BCUT2D eigenvalue weighted by Gasteiger charge is -2.16. The van der Waals surface area contributed by atoms with Crippen LogP contribution in [0.25, 0.3) is 0 Å². The highest BCUT2D eigenvalue weighted by Crippen LogP contribution is 2.10. The van der Waals surface area contributed by atoms with E-state index in [1.807, 2.05) is 0 Å². The normalized spacial score (nSPS) is 14.1. The molecule has 3 N–H and O–H groups in total. The van der Waals surface area contributed by atoms with Gasteiger partial charge in [0.2, 0.25) is 11.8 Å². The van der Waals surface area contributed by atoms with E-state index in [0.29, 0.717) is 5.56 Å². The highest BCUT2D eigenvalue weighted by atomic mass is 32.2. The van der Waals surface area contributed by atoms with Crippen molar-refractivity contribution in [2.24, 2.45) is 11.7 Å². The maximum absolute atomic E-state index is 12.8. The number of nitrogens with two attached hydrogens (primary N) is 1. The molecule has 2 unspecified atom stereocenters. The first-order valence-electron chi connectivity index (χ1n) is 6.61. The van der Waals surface area contributed by atoms with Crippen molar-refractivity contribution in [3.05, 3.63) is 35.6 Å². The molecule has 122 valence electrons. The molecule has 0 aliphatic carbocycles. The van der Waals surface area contributed by atoms with Crippen LogP contribution < -0.4 is 11.1 Å². The van der Waals surface area contributed by atoms with Crippen LogP contribution in [0.4, 0.5) is 4.39 Å². The van der Waals surface area contributed by atoms with E-state index in [1.54, 1.807) is 0 Å². The van der Waals surface area contributed by atoms with Crippen LogP contribution in [0.15, 0.2) is 24.3 Å². The summed E-state index contributed by atoms with van der Waals surface area (Å²) in [6, 6.07) is 5.56. The summed E-state index contributed by atoms with van der Waals surface area (Å²) in [6.07, 6.45) is 1.18. The second kappa shape index (κ2) is 7.35. The van der Waals surface area contributed by atoms with Crippen LogP contribution in [0.1, 0.15) is 12.5 Å². The van der Waals surface area contributed by atoms with Crippen molar-refractivity contribution in [1.29, 1.82) is 0 Å². The summed E-state index contributed by atoms with van der Waals surface area (Å²) in [7, 11) is -3.50. The Bertz CT molecular complexity index is 643. The van der Waals surface area contributed by atoms with E-state index in [9.17, 15) is 22.4 Å². The molecule has 6 nitrogen and oxygen atoms in total. The maximum Gasteiger partial charge on any atom is 0.238 e. The lowest BCUT2D eigenvalue weighted by Crippen LogP contribution is -2.42. The van der Waals surface area contributed by atoms with Crippen molar-refractivity contribution in [3.63, 3.8) is 0 Å². The number of carbonyl (C=O) groups is 2. The van der Waals surface area contributed by atoms with Gasteiger partial charge in [-0.25, -0.2) is 12.8 Å². The first-order valence-corrected chi connectivity index (χ1v) is 8.57. The second-order valence-corrected chi connectivity index (χ2v) is 7.51. The number of benzene rings is 1. The summed E-state index contributed by atoms with van der Waals surface area (Å²) < 4.78 is 35.4. The molecule has 1 aromatic carbocycles. The molecule has 0 spiro atoms. The van der Waals surface area contributed by atoms with Gasteiger partial charge in [0.15, 0.2) is 9.84 Å². The van der Waals surface area contributed by atoms with Crippen LogP contribution >= 0.6 is 0 Å². The zero-order valence-electron chi connectivity index (χ0n) is 12.4. The molecule has 1 rings (SSSR count). The number of hydrogen-bond donors (Lipinski definition) is 2. The van der Waals surface area contributed by atoms with Gasteiger partial charge in [0, 0.05) is 12.8 Å². The van der Waals surface area contributed by atoms with Crippen molar-refractivity contribution in [2.45, 2.75) is 18.6 Å². The molecule has 0 aliphatic rings. The van der Waals surface area contributed by atoms with E-state index < -0.39 is 38.6 Å². The number of hydrogen-bond acceptors (Lipinski definition) is 4. The fraction of sp³-hybridized carbons (Fsp3) is 0.429. The van der Waals surface area contributed by atoms with E-state index in [0.717, 1.165) is 6.26 Å². The largest absolute Gasteiger partial charge is 0.369 e. The van der Waals surface area contributed by atoms with Crippen molar-refractivity contribution in [2.75, 3.05) is 12.8 Å². The molecule has 0 saturated heterocycles. The third-order valence-electron chi connectivity index (χ3n) is 3.33. The Morgan fingerprint density at radius 1 is 1.27 bits per heavy atom. The van der Waals surface area contributed by atoms with E-state index in [-0.39, 0.29) is 13.0 Å². The summed E-state index contributed by atoms with van der Waals surface area (Å²) in [4.78, 5) is 23.2. The van der Waals surface area contributed by atoms with Gasteiger partial charge in [-0.05, 0) is 31.0 Å². The van der Waals surface area contributed by atoms with Gasteiger partial charge in [-0.2, -0.15) is 0 Å². The first-order chi connectivity index (χ1) is 10.1. The molecule has 0 saturated carbocycles. The number of carbonyl (C=O) groups excluding carboxylic acids is 2. The average Bonchev–Trinajstić information content (AvgIpc) is 2.42. The maximum atomic E-state index is 12.8. The molecule has 0 radical (unpaired) electrons. The van der Waals surface area contributed by atoms with Gasteiger partial charge in [-0.1, -0.05) is 12.1 Å². The van der Waals surface area contributed by atoms with Crippen molar-refractivity contribution < 1.29 is 22.4 Å².